The monoisotopic (exact) mass is 448 g/mol. The summed E-state index contributed by atoms with van der Waals surface area (Å²) in [7, 11) is 1.97. The van der Waals surface area contributed by atoms with Gasteiger partial charge in [-0.3, -0.25) is 0 Å². The summed E-state index contributed by atoms with van der Waals surface area (Å²) >= 11 is 13.6. The van der Waals surface area contributed by atoms with Crippen LogP contribution in [0.1, 0.15) is 36.7 Å². The summed E-state index contributed by atoms with van der Waals surface area (Å²) in [6.07, 6.45) is 1.79. The predicted octanol–water partition coefficient (Wildman–Crippen LogP) is 6.71. The van der Waals surface area contributed by atoms with Crippen molar-refractivity contribution in [3.63, 3.8) is 0 Å². The highest BCUT2D eigenvalue weighted by molar-refractivity contribution is 7.07. The Kier molecular flexibility index (Phi) is 7.11. The number of ether oxygens (including phenoxy) is 1. The van der Waals surface area contributed by atoms with Gasteiger partial charge in [0.15, 0.2) is 5.82 Å². The first-order valence-corrected chi connectivity index (χ1v) is 10.7. The molecule has 1 aromatic heterocycles. The fourth-order valence-electron chi connectivity index (χ4n) is 2.54. The quantitative estimate of drug-likeness (QED) is 0.297. The van der Waals surface area contributed by atoms with E-state index < -0.39 is 0 Å². The number of halogens is 2. The maximum Gasteiger partial charge on any atom is 0.298 e. The molecule has 0 saturated heterocycles. The first-order valence-electron chi connectivity index (χ1n) is 9.19. The van der Waals surface area contributed by atoms with Crippen LogP contribution in [0.25, 0.3) is 0 Å². The highest BCUT2D eigenvalue weighted by Crippen LogP contribution is 2.36. The van der Waals surface area contributed by atoms with Gasteiger partial charge in [0.05, 0.1) is 17.0 Å². The van der Waals surface area contributed by atoms with Crippen LogP contribution in [0.5, 0.6) is 10.9 Å². The molecule has 0 spiro atoms. The number of hydrogen-bond acceptors (Lipinski definition) is 5. The van der Waals surface area contributed by atoms with E-state index in [0.29, 0.717) is 26.8 Å². The maximum absolute atomic E-state index is 6.41. The number of nitrogens with zero attached hydrogens (tertiary/aromatic N) is 4. The minimum absolute atomic E-state index is 0.0327. The Labute approximate surface area is 185 Å². The summed E-state index contributed by atoms with van der Waals surface area (Å²) in [5.74, 6) is 1.27. The van der Waals surface area contributed by atoms with Crippen LogP contribution in [0, 0.1) is 6.92 Å². The topological polar surface area (TPSA) is 50.6 Å². The Morgan fingerprint density at radius 3 is 2.66 bits per heavy atom. The fourth-order valence-corrected chi connectivity index (χ4v) is 3.49. The van der Waals surface area contributed by atoms with Gasteiger partial charge in [0, 0.05) is 36.1 Å². The molecule has 3 rings (SSSR count). The van der Waals surface area contributed by atoms with E-state index in [1.54, 1.807) is 12.4 Å². The van der Waals surface area contributed by atoms with Crippen molar-refractivity contribution in [3.05, 3.63) is 63.4 Å². The van der Waals surface area contributed by atoms with E-state index in [-0.39, 0.29) is 5.92 Å². The van der Waals surface area contributed by atoms with Crippen molar-refractivity contribution < 1.29 is 4.74 Å². The summed E-state index contributed by atoms with van der Waals surface area (Å²) in [5, 5.41) is 1.63. The maximum atomic E-state index is 6.41. The molecule has 0 aliphatic carbocycles. The minimum atomic E-state index is 0.0327. The minimum Gasteiger partial charge on any atom is -0.428 e. The van der Waals surface area contributed by atoms with Crippen molar-refractivity contribution in [2.75, 3.05) is 13.6 Å². The van der Waals surface area contributed by atoms with E-state index in [4.69, 9.17) is 27.9 Å². The highest BCUT2D eigenvalue weighted by atomic mass is 35.5. The lowest BCUT2D eigenvalue weighted by molar-refractivity contribution is 0.476. The average Bonchev–Trinajstić information content (AvgIpc) is 3.17. The molecule has 1 heterocycles. The molecular weight excluding hydrogens is 427 g/mol. The number of aromatic nitrogens is 2. The lowest BCUT2D eigenvalue weighted by atomic mass is 10.0. The largest absolute Gasteiger partial charge is 0.428 e. The van der Waals surface area contributed by atoms with Gasteiger partial charge in [-0.1, -0.05) is 42.3 Å². The number of hydrogen-bond donors (Lipinski definition) is 0. The molecule has 1 unspecified atom stereocenters. The van der Waals surface area contributed by atoms with Crippen LogP contribution in [-0.4, -0.2) is 34.2 Å². The molecule has 2 aromatic carbocycles. The highest BCUT2D eigenvalue weighted by Gasteiger charge is 2.16. The van der Waals surface area contributed by atoms with Crippen LogP contribution in [-0.2, 0) is 0 Å². The van der Waals surface area contributed by atoms with Crippen LogP contribution < -0.4 is 4.74 Å². The lowest BCUT2D eigenvalue weighted by Crippen LogP contribution is -2.14. The summed E-state index contributed by atoms with van der Waals surface area (Å²) in [6, 6.07) is 11.3. The molecule has 0 bridgehead atoms. The van der Waals surface area contributed by atoms with E-state index in [9.17, 15) is 0 Å². The Bertz CT molecular complexity index is 1000. The van der Waals surface area contributed by atoms with E-state index in [2.05, 4.69) is 21.3 Å². The molecule has 3 aromatic rings. The smallest absolute Gasteiger partial charge is 0.298 e. The molecule has 8 heteroatoms. The van der Waals surface area contributed by atoms with Gasteiger partial charge >= 0.3 is 0 Å². The van der Waals surface area contributed by atoms with E-state index >= 15 is 0 Å². The van der Waals surface area contributed by atoms with Gasteiger partial charge in [-0.25, -0.2) is 4.99 Å². The lowest BCUT2D eigenvalue weighted by Gasteiger charge is -2.10. The molecule has 0 aliphatic heterocycles. The molecule has 0 N–H and O–H groups in total. The van der Waals surface area contributed by atoms with Gasteiger partial charge in [-0.05, 0) is 49.2 Å². The van der Waals surface area contributed by atoms with Crippen LogP contribution >= 0.6 is 34.7 Å². The van der Waals surface area contributed by atoms with E-state index in [1.165, 1.54) is 11.5 Å². The SMILES string of the molecule is CCN(C)C=Nc1cc(Cl)c(Oc2nc(C(C)c3ccc(Cl)cc3)ns2)cc1C. The molecule has 0 aliphatic rings. The Hall–Kier alpha value is -2.15. The summed E-state index contributed by atoms with van der Waals surface area (Å²) < 4.78 is 10.3. The third kappa shape index (κ3) is 5.47. The number of benzene rings is 2. The molecule has 0 fully saturated rings. The Balaban J connectivity index is 1.76. The van der Waals surface area contributed by atoms with Gasteiger partial charge in [-0.15, -0.1) is 0 Å². The normalized spacial score (nSPS) is 12.3. The number of aryl methyl sites for hydroxylation is 1. The molecule has 0 amide bonds. The Morgan fingerprint density at radius 2 is 1.97 bits per heavy atom. The van der Waals surface area contributed by atoms with Crippen LogP contribution in [0.3, 0.4) is 0 Å². The summed E-state index contributed by atoms with van der Waals surface area (Å²) in [5.41, 5.74) is 2.85. The fraction of sp³-hybridized carbons (Fsp3) is 0.286. The molecule has 5 nitrogen and oxygen atoms in total. The van der Waals surface area contributed by atoms with Crippen LogP contribution in [0.15, 0.2) is 41.4 Å². The molecule has 0 radical (unpaired) electrons. The van der Waals surface area contributed by atoms with Crippen LogP contribution in [0.2, 0.25) is 10.0 Å². The summed E-state index contributed by atoms with van der Waals surface area (Å²) in [6.45, 7) is 6.96. The van der Waals surface area contributed by atoms with Gasteiger partial charge in [0.1, 0.15) is 5.75 Å². The van der Waals surface area contributed by atoms with E-state index in [0.717, 1.165) is 23.4 Å². The molecule has 0 saturated carbocycles. The molecule has 1 atom stereocenters. The third-order valence-corrected chi connectivity index (χ3v) is 5.68. The Morgan fingerprint density at radius 1 is 1.24 bits per heavy atom. The van der Waals surface area contributed by atoms with Crippen molar-refractivity contribution >= 4 is 46.8 Å². The van der Waals surface area contributed by atoms with E-state index in [1.807, 2.05) is 56.1 Å². The van der Waals surface area contributed by atoms with Crippen molar-refractivity contribution in [1.29, 1.82) is 0 Å². The second kappa shape index (κ2) is 9.57. The van der Waals surface area contributed by atoms with Gasteiger partial charge in [0.2, 0.25) is 0 Å². The third-order valence-electron chi connectivity index (χ3n) is 4.52. The summed E-state index contributed by atoms with van der Waals surface area (Å²) in [4.78, 5) is 11.0. The van der Waals surface area contributed by atoms with Crippen molar-refractivity contribution in [1.82, 2.24) is 14.3 Å². The number of rotatable bonds is 7. The first-order chi connectivity index (χ1) is 13.9. The van der Waals surface area contributed by atoms with Crippen molar-refractivity contribution in [3.8, 4) is 10.9 Å². The molecule has 29 heavy (non-hydrogen) atoms. The predicted molar refractivity (Wildman–Crippen MR) is 122 cm³/mol. The molecular formula is C21H22Cl2N4OS. The van der Waals surface area contributed by atoms with Crippen LogP contribution in [0.4, 0.5) is 5.69 Å². The van der Waals surface area contributed by atoms with Gasteiger partial charge < -0.3 is 9.64 Å². The second-order valence-electron chi connectivity index (χ2n) is 6.68. The molecule has 152 valence electrons. The van der Waals surface area contributed by atoms with Gasteiger partial charge in [-0.2, -0.15) is 9.36 Å². The second-order valence-corrected chi connectivity index (χ2v) is 8.24. The van der Waals surface area contributed by atoms with Crippen molar-refractivity contribution in [2.24, 2.45) is 4.99 Å². The average molecular weight is 449 g/mol. The zero-order valence-corrected chi connectivity index (χ0v) is 19.0. The van der Waals surface area contributed by atoms with Crippen molar-refractivity contribution in [2.45, 2.75) is 26.7 Å². The number of aliphatic imine (C=N–C) groups is 1. The first kappa shape index (κ1) is 21.6. The standard InChI is InChI=1S/C21H22Cl2N4OS/c1-5-27(4)12-24-18-11-17(23)19(10-13(18)2)28-21-25-20(26-29-21)14(3)15-6-8-16(22)9-7-15/h6-12,14H,5H2,1-4H3. The van der Waals surface area contributed by atoms with Gasteiger partial charge in [0.25, 0.3) is 5.19 Å². The zero-order valence-electron chi connectivity index (χ0n) is 16.7. The zero-order chi connectivity index (χ0) is 21.0.